The van der Waals surface area contributed by atoms with E-state index in [4.69, 9.17) is 9.15 Å². The van der Waals surface area contributed by atoms with Crippen LogP contribution < -0.4 is 10.1 Å². The average Bonchev–Trinajstić information content (AvgIpc) is 3.36. The lowest BCUT2D eigenvalue weighted by molar-refractivity contribution is 0.196. The molecule has 8 heteroatoms. The van der Waals surface area contributed by atoms with E-state index in [0.717, 1.165) is 41.9 Å². The van der Waals surface area contributed by atoms with Gasteiger partial charge in [-0.2, -0.15) is 0 Å². The molecule has 0 saturated heterocycles. The van der Waals surface area contributed by atoms with Crippen LogP contribution in [0.5, 0.6) is 5.75 Å². The maximum absolute atomic E-state index is 9.68. The number of ether oxygens (including phenoxy) is 1. The molecule has 6 rings (SSSR count). The molecule has 5 aromatic rings. The molecule has 0 bridgehead atoms. The Morgan fingerprint density at radius 2 is 1.97 bits per heavy atom. The van der Waals surface area contributed by atoms with E-state index in [2.05, 4.69) is 39.3 Å². The van der Waals surface area contributed by atoms with Crippen molar-refractivity contribution in [3.05, 3.63) is 88.7 Å². The summed E-state index contributed by atoms with van der Waals surface area (Å²) in [6.45, 7) is 3.43. The van der Waals surface area contributed by atoms with Gasteiger partial charge in [0, 0.05) is 42.0 Å². The van der Waals surface area contributed by atoms with Crippen molar-refractivity contribution in [2.45, 2.75) is 13.0 Å². The normalized spacial score (nSPS) is 14.1. The Hall–Kier alpha value is -3.39. The molecule has 0 spiro atoms. The van der Waals surface area contributed by atoms with E-state index in [9.17, 15) is 5.21 Å². The van der Waals surface area contributed by atoms with Crippen molar-refractivity contribution >= 4 is 44.8 Å². The highest BCUT2D eigenvalue weighted by Gasteiger charge is 2.15. The van der Waals surface area contributed by atoms with Crippen molar-refractivity contribution in [2.24, 2.45) is 5.16 Å². The summed E-state index contributed by atoms with van der Waals surface area (Å²) < 4.78 is 13.3. The number of halogens is 1. The molecule has 0 unspecified atom stereocenters. The summed E-state index contributed by atoms with van der Waals surface area (Å²) in [5.74, 6) is 1.27. The molecule has 1 aliphatic rings. The number of rotatable bonds is 5. The predicted molar refractivity (Wildman–Crippen MR) is 140 cm³/mol. The summed E-state index contributed by atoms with van der Waals surface area (Å²) in [7, 11) is 0. The highest BCUT2D eigenvalue weighted by molar-refractivity contribution is 7.17. The molecule has 0 saturated carbocycles. The Morgan fingerprint density at radius 1 is 1.09 bits per heavy atom. The van der Waals surface area contributed by atoms with E-state index >= 15 is 0 Å². The fourth-order valence-electron chi connectivity index (χ4n) is 4.47. The second-order valence-corrected chi connectivity index (χ2v) is 9.37. The van der Waals surface area contributed by atoms with Gasteiger partial charge >= 0.3 is 0 Å². The minimum atomic E-state index is 0. The lowest BCUT2D eigenvalue weighted by Crippen LogP contribution is -2.33. The van der Waals surface area contributed by atoms with E-state index < -0.39 is 0 Å². The number of thiophene rings is 1. The third-order valence-electron chi connectivity index (χ3n) is 6.30. The van der Waals surface area contributed by atoms with Crippen LogP contribution in [-0.4, -0.2) is 34.8 Å². The van der Waals surface area contributed by atoms with Gasteiger partial charge in [0.2, 0.25) is 0 Å². The smallest absolute Gasteiger partial charge is 0.155 e. The van der Waals surface area contributed by atoms with Gasteiger partial charge in [-0.15, -0.1) is 23.7 Å². The van der Waals surface area contributed by atoms with Crippen molar-refractivity contribution < 1.29 is 14.4 Å². The van der Waals surface area contributed by atoms with Crippen LogP contribution in [0.2, 0.25) is 0 Å². The second-order valence-electron chi connectivity index (χ2n) is 8.43. The number of fused-ring (bicyclic) bond motifs is 3. The maximum Gasteiger partial charge on any atom is 0.155 e. The van der Waals surface area contributed by atoms with Gasteiger partial charge in [-0.25, -0.2) is 0 Å². The number of hydrogen-bond acceptors (Lipinski definition) is 7. The Balaban J connectivity index is 0.00000253. The molecular weight excluding hydrogens is 482 g/mol. The Morgan fingerprint density at radius 3 is 2.86 bits per heavy atom. The lowest BCUT2D eigenvalue weighted by atomic mass is 10.0. The van der Waals surface area contributed by atoms with Gasteiger partial charge in [0.15, 0.2) is 5.76 Å². The number of hydrogen-bond donors (Lipinski definition) is 1. The van der Waals surface area contributed by atoms with E-state index in [1.54, 1.807) is 17.4 Å². The van der Waals surface area contributed by atoms with Gasteiger partial charge in [-0.1, -0.05) is 29.4 Å². The van der Waals surface area contributed by atoms with E-state index in [-0.39, 0.29) is 12.4 Å². The number of benzene rings is 2. The number of nitrogens with zero attached hydrogens (tertiary/aromatic N) is 3. The van der Waals surface area contributed by atoms with Crippen LogP contribution >= 0.6 is 23.7 Å². The first kappa shape index (κ1) is 23.4. The molecule has 178 valence electrons. The largest absolute Gasteiger partial charge is 0.492 e. The molecule has 6 nitrogen and oxygen atoms in total. The zero-order valence-corrected chi connectivity index (χ0v) is 20.5. The molecule has 1 aliphatic heterocycles. The summed E-state index contributed by atoms with van der Waals surface area (Å²) in [4.78, 5) is 6.92. The minimum Gasteiger partial charge on any atom is -0.492 e. The van der Waals surface area contributed by atoms with Crippen molar-refractivity contribution in [1.82, 2.24) is 9.88 Å². The molecule has 0 amide bonds. The van der Waals surface area contributed by atoms with Crippen molar-refractivity contribution in [1.29, 1.82) is 0 Å². The van der Waals surface area contributed by atoms with Crippen LogP contribution in [0.4, 0.5) is 0 Å². The van der Waals surface area contributed by atoms with Crippen LogP contribution in [0.1, 0.15) is 11.1 Å². The summed E-state index contributed by atoms with van der Waals surface area (Å²) >= 11 is 1.65. The summed E-state index contributed by atoms with van der Waals surface area (Å²) in [5, 5.41) is 17.4. The van der Waals surface area contributed by atoms with Crippen LogP contribution in [-0.2, 0) is 13.0 Å². The fraction of sp³-hybridized carbons (Fsp3) is 0.185. The Labute approximate surface area is 212 Å². The number of aromatic nitrogens is 1. The maximum atomic E-state index is 9.68. The summed E-state index contributed by atoms with van der Waals surface area (Å²) in [6, 6.07) is 20.0. The highest BCUT2D eigenvalue weighted by Crippen LogP contribution is 2.28. The molecular formula is C27H24ClN3O3S. The minimum absolute atomic E-state index is 0. The van der Waals surface area contributed by atoms with Crippen LogP contribution in [0.15, 0.2) is 81.8 Å². The molecule has 4 heterocycles. The molecule has 1 N–H and O–H groups in total. The van der Waals surface area contributed by atoms with Gasteiger partial charge in [0.1, 0.15) is 29.0 Å². The van der Waals surface area contributed by atoms with E-state index in [1.165, 1.54) is 11.1 Å². The standard InChI is InChI=1S/C27H23N3O3S.ClH/c31-29-23-14-26(24-15-27-19(16-28-24)8-12-34-27)33-25-6-5-21(13-22(23)25)32-11-10-30-9-7-18-3-1-2-4-20(18)17-30;/h1-6,8,12-16,31H,7,9-11,17H2;1H. The third-order valence-corrected chi connectivity index (χ3v) is 7.18. The lowest BCUT2D eigenvalue weighted by Gasteiger charge is -2.28. The second kappa shape index (κ2) is 10.1. The quantitative estimate of drug-likeness (QED) is 0.239. The van der Waals surface area contributed by atoms with E-state index in [1.807, 2.05) is 41.9 Å². The zero-order valence-electron chi connectivity index (χ0n) is 18.9. The Kier molecular flexibility index (Phi) is 6.72. The van der Waals surface area contributed by atoms with Crippen molar-refractivity contribution in [3.8, 4) is 17.2 Å². The first-order chi connectivity index (χ1) is 16.8. The molecule has 0 fully saturated rings. The zero-order chi connectivity index (χ0) is 22.9. The predicted octanol–water partition coefficient (Wildman–Crippen LogP) is 5.86. The van der Waals surface area contributed by atoms with E-state index in [0.29, 0.717) is 34.4 Å². The van der Waals surface area contributed by atoms with Gasteiger partial charge in [-0.3, -0.25) is 9.88 Å². The van der Waals surface area contributed by atoms with Crippen LogP contribution in [0, 0.1) is 0 Å². The fourth-order valence-corrected chi connectivity index (χ4v) is 5.27. The number of pyridine rings is 1. The first-order valence-corrected chi connectivity index (χ1v) is 12.2. The molecule has 0 aliphatic carbocycles. The first-order valence-electron chi connectivity index (χ1n) is 11.3. The summed E-state index contributed by atoms with van der Waals surface area (Å²) in [6.07, 6.45) is 2.90. The highest BCUT2D eigenvalue weighted by atomic mass is 35.5. The van der Waals surface area contributed by atoms with Crippen molar-refractivity contribution in [2.75, 3.05) is 19.7 Å². The molecule has 0 atom stereocenters. The van der Waals surface area contributed by atoms with Gasteiger partial charge in [0.05, 0.1) is 5.39 Å². The van der Waals surface area contributed by atoms with Crippen molar-refractivity contribution in [3.63, 3.8) is 0 Å². The monoisotopic (exact) mass is 505 g/mol. The third kappa shape index (κ3) is 4.75. The SMILES string of the molecule is Cl.ON=c1cc(-c2cc3sccc3cn2)oc2ccc(OCCN3CCc4ccccc4C3)cc12. The van der Waals surface area contributed by atoms with Crippen LogP contribution in [0.25, 0.3) is 32.5 Å². The van der Waals surface area contributed by atoms with Gasteiger partial charge in [-0.05, 0) is 53.3 Å². The molecule has 2 aromatic carbocycles. The topological polar surface area (TPSA) is 71.1 Å². The van der Waals surface area contributed by atoms with Crippen LogP contribution in [0.3, 0.4) is 0 Å². The summed E-state index contributed by atoms with van der Waals surface area (Å²) in [5.41, 5.74) is 4.16. The Bertz CT molecular complexity index is 1560. The molecule has 0 radical (unpaired) electrons. The van der Waals surface area contributed by atoms with Gasteiger partial charge < -0.3 is 14.4 Å². The van der Waals surface area contributed by atoms with Gasteiger partial charge in [0.25, 0.3) is 0 Å². The average molecular weight is 506 g/mol. The molecule has 3 aromatic heterocycles. The molecule has 35 heavy (non-hydrogen) atoms.